The quantitative estimate of drug-likeness (QED) is 0.784. The molecule has 1 N–H and O–H groups in total. The van der Waals surface area contributed by atoms with Crippen molar-refractivity contribution >= 4 is 15.9 Å². The highest BCUT2D eigenvalue weighted by Crippen LogP contribution is 2.28. The van der Waals surface area contributed by atoms with Gasteiger partial charge in [0.25, 0.3) is 0 Å². The van der Waals surface area contributed by atoms with E-state index >= 15 is 0 Å². The minimum atomic E-state index is -4.19. The molecule has 102 valence electrons. The first-order valence-corrected chi connectivity index (χ1v) is 6.50. The summed E-state index contributed by atoms with van der Waals surface area (Å²) in [7, 11) is 0. The molecule has 0 aromatic carbocycles. The molecule has 1 heterocycles. The maximum atomic E-state index is 12.3. The minimum absolute atomic E-state index is 0.0161. The van der Waals surface area contributed by atoms with E-state index in [9.17, 15) is 13.2 Å². The zero-order valence-corrected chi connectivity index (χ0v) is 11.0. The number of ether oxygens (including phenoxy) is 1. The van der Waals surface area contributed by atoms with Crippen molar-refractivity contribution in [3.63, 3.8) is 0 Å². The maximum absolute atomic E-state index is 12.3. The van der Waals surface area contributed by atoms with Crippen LogP contribution < -0.4 is 0 Å². The zero-order chi connectivity index (χ0) is 12.9. The number of rotatable bonds is 5. The van der Waals surface area contributed by atoms with Gasteiger partial charge < -0.3 is 14.7 Å². The summed E-state index contributed by atoms with van der Waals surface area (Å²) in [5.74, 6) is 0. The summed E-state index contributed by atoms with van der Waals surface area (Å²) in [4.78, 5) is 0.316. The van der Waals surface area contributed by atoms with E-state index in [0.717, 1.165) is 12.8 Å². The smallest absolute Gasteiger partial charge is 0.394 e. The van der Waals surface area contributed by atoms with Crippen LogP contribution in [-0.4, -0.2) is 60.0 Å². The first kappa shape index (κ1) is 15.2. The molecule has 17 heavy (non-hydrogen) atoms. The van der Waals surface area contributed by atoms with Gasteiger partial charge in [0.05, 0.1) is 19.3 Å². The molecule has 1 aliphatic heterocycles. The molecule has 1 rings (SSSR count). The van der Waals surface area contributed by atoms with Gasteiger partial charge in [-0.05, 0) is 12.8 Å². The van der Waals surface area contributed by atoms with E-state index in [2.05, 4.69) is 15.9 Å². The van der Waals surface area contributed by atoms with Gasteiger partial charge in [-0.15, -0.1) is 0 Å². The first-order valence-electron chi connectivity index (χ1n) is 5.59. The molecule has 0 bridgehead atoms. The van der Waals surface area contributed by atoms with Gasteiger partial charge in [0.15, 0.2) is 0 Å². The number of alkyl halides is 4. The molecule has 0 aromatic heterocycles. The summed E-state index contributed by atoms with van der Waals surface area (Å²) in [5.41, 5.74) is 0. The standard InChI is InChI=1S/C10H17BrF3NO2/c11-9(10(12,13)14)7-15-3-1-8(2-4-15)17-6-5-16/h8-9,16H,1-7H2. The molecule has 0 saturated carbocycles. The fraction of sp³-hybridized carbons (Fsp3) is 1.00. The fourth-order valence-electron chi connectivity index (χ4n) is 1.81. The average Bonchev–Trinajstić information content (AvgIpc) is 2.27. The van der Waals surface area contributed by atoms with Gasteiger partial charge in [-0.3, -0.25) is 0 Å². The van der Waals surface area contributed by atoms with E-state index in [-0.39, 0.29) is 19.3 Å². The molecule has 3 nitrogen and oxygen atoms in total. The largest absolute Gasteiger partial charge is 0.402 e. The van der Waals surface area contributed by atoms with Crippen LogP contribution in [0.1, 0.15) is 12.8 Å². The van der Waals surface area contributed by atoms with Crippen LogP contribution in [0.25, 0.3) is 0 Å². The Balaban J connectivity index is 2.23. The van der Waals surface area contributed by atoms with E-state index in [0.29, 0.717) is 19.7 Å². The fourth-order valence-corrected chi connectivity index (χ4v) is 2.22. The Kier molecular flexibility index (Phi) is 6.19. The number of likely N-dealkylation sites (tertiary alicyclic amines) is 1. The number of halogens is 4. The van der Waals surface area contributed by atoms with Gasteiger partial charge in [0, 0.05) is 19.6 Å². The molecule has 1 unspecified atom stereocenters. The normalized spacial score (nSPS) is 21.7. The van der Waals surface area contributed by atoms with Gasteiger partial charge >= 0.3 is 6.18 Å². The van der Waals surface area contributed by atoms with Crippen molar-refractivity contribution in [1.82, 2.24) is 4.90 Å². The Morgan fingerprint density at radius 2 is 1.94 bits per heavy atom. The highest BCUT2D eigenvalue weighted by atomic mass is 79.9. The van der Waals surface area contributed by atoms with Gasteiger partial charge in [-0.1, -0.05) is 15.9 Å². The summed E-state index contributed by atoms with van der Waals surface area (Å²) in [5, 5.41) is 8.59. The molecular weight excluding hydrogens is 303 g/mol. The van der Waals surface area contributed by atoms with Crippen molar-refractivity contribution in [2.24, 2.45) is 0 Å². The van der Waals surface area contributed by atoms with E-state index in [1.165, 1.54) is 0 Å². The van der Waals surface area contributed by atoms with Crippen LogP contribution >= 0.6 is 15.9 Å². The van der Waals surface area contributed by atoms with Crippen molar-refractivity contribution in [3.8, 4) is 0 Å². The average molecular weight is 320 g/mol. The zero-order valence-electron chi connectivity index (χ0n) is 9.42. The molecular formula is C10H17BrF3NO2. The second-order valence-corrected chi connectivity index (χ2v) is 5.21. The van der Waals surface area contributed by atoms with E-state index in [1.807, 2.05) is 0 Å². The monoisotopic (exact) mass is 319 g/mol. The molecule has 1 saturated heterocycles. The van der Waals surface area contributed by atoms with Crippen molar-refractivity contribution in [2.45, 2.75) is 29.9 Å². The van der Waals surface area contributed by atoms with Crippen LogP contribution in [0.15, 0.2) is 0 Å². The van der Waals surface area contributed by atoms with Crippen LogP contribution in [0.4, 0.5) is 13.2 Å². The highest BCUT2D eigenvalue weighted by molar-refractivity contribution is 9.09. The lowest BCUT2D eigenvalue weighted by Gasteiger charge is -2.33. The number of nitrogens with zero attached hydrogens (tertiary/aromatic N) is 1. The molecule has 0 spiro atoms. The molecule has 7 heteroatoms. The Morgan fingerprint density at radius 1 is 1.35 bits per heavy atom. The Hall–Kier alpha value is 0.150. The molecule has 0 aromatic rings. The number of aliphatic hydroxyl groups is 1. The number of aliphatic hydroxyl groups excluding tert-OH is 1. The predicted molar refractivity (Wildman–Crippen MR) is 61.3 cm³/mol. The topological polar surface area (TPSA) is 32.7 Å². The van der Waals surface area contributed by atoms with Crippen molar-refractivity contribution < 1.29 is 23.0 Å². The summed E-state index contributed by atoms with van der Waals surface area (Å²) in [6, 6.07) is 0. The second kappa shape index (κ2) is 6.92. The number of hydrogen-bond donors (Lipinski definition) is 1. The lowest BCUT2D eigenvalue weighted by atomic mass is 10.1. The Bertz CT molecular complexity index is 220. The highest BCUT2D eigenvalue weighted by Gasteiger charge is 2.39. The van der Waals surface area contributed by atoms with Crippen LogP contribution in [0.5, 0.6) is 0 Å². The second-order valence-electron chi connectivity index (χ2n) is 4.10. The van der Waals surface area contributed by atoms with E-state index in [1.54, 1.807) is 4.90 Å². The van der Waals surface area contributed by atoms with Gasteiger partial charge in [-0.25, -0.2) is 0 Å². The van der Waals surface area contributed by atoms with E-state index < -0.39 is 11.0 Å². The van der Waals surface area contributed by atoms with E-state index in [4.69, 9.17) is 9.84 Å². The van der Waals surface area contributed by atoms with Crippen molar-refractivity contribution in [1.29, 1.82) is 0 Å². The van der Waals surface area contributed by atoms with Gasteiger partial charge in [-0.2, -0.15) is 13.2 Å². The third kappa shape index (κ3) is 5.54. The van der Waals surface area contributed by atoms with Crippen LogP contribution in [0.2, 0.25) is 0 Å². The molecule has 0 amide bonds. The summed E-state index contributed by atoms with van der Waals surface area (Å²) in [6.07, 6.45) is -2.68. The number of piperidine rings is 1. The molecule has 1 fully saturated rings. The molecule has 1 atom stereocenters. The molecule has 1 aliphatic rings. The lowest BCUT2D eigenvalue weighted by Crippen LogP contribution is -2.43. The summed E-state index contributed by atoms with van der Waals surface area (Å²) in [6.45, 7) is 1.48. The third-order valence-electron chi connectivity index (χ3n) is 2.75. The Labute approximate surface area is 107 Å². The third-order valence-corrected chi connectivity index (χ3v) is 3.56. The summed E-state index contributed by atoms with van der Waals surface area (Å²) >= 11 is 2.66. The Morgan fingerprint density at radius 3 is 2.41 bits per heavy atom. The SMILES string of the molecule is OCCOC1CCN(CC(Br)C(F)(F)F)CC1. The van der Waals surface area contributed by atoms with Gasteiger partial charge in [0.1, 0.15) is 4.83 Å². The molecule has 0 radical (unpaired) electrons. The van der Waals surface area contributed by atoms with Crippen LogP contribution in [0, 0.1) is 0 Å². The maximum Gasteiger partial charge on any atom is 0.402 e. The van der Waals surface area contributed by atoms with Crippen molar-refractivity contribution in [3.05, 3.63) is 0 Å². The van der Waals surface area contributed by atoms with Crippen LogP contribution in [-0.2, 0) is 4.74 Å². The van der Waals surface area contributed by atoms with Crippen LogP contribution in [0.3, 0.4) is 0 Å². The minimum Gasteiger partial charge on any atom is -0.394 e. The van der Waals surface area contributed by atoms with Crippen molar-refractivity contribution in [2.75, 3.05) is 32.8 Å². The first-order chi connectivity index (χ1) is 7.93. The lowest BCUT2D eigenvalue weighted by molar-refractivity contribution is -0.131. The van der Waals surface area contributed by atoms with Gasteiger partial charge in [0.2, 0.25) is 0 Å². The summed E-state index contributed by atoms with van der Waals surface area (Å²) < 4.78 is 42.3. The number of hydrogen-bond acceptors (Lipinski definition) is 3. The predicted octanol–water partition coefficient (Wildman–Crippen LogP) is 1.79. The molecule has 0 aliphatic carbocycles.